The number of anilines is 1. The highest BCUT2D eigenvalue weighted by molar-refractivity contribution is 5.77. The molecule has 1 aromatic carbocycles. The first kappa shape index (κ1) is 11.8. The molecule has 0 saturated carbocycles. The van der Waals surface area contributed by atoms with Gasteiger partial charge in [0.25, 0.3) is 0 Å². The van der Waals surface area contributed by atoms with E-state index in [-0.39, 0.29) is 5.76 Å². The second kappa shape index (κ2) is 4.14. The molecule has 1 saturated heterocycles. The van der Waals surface area contributed by atoms with Crippen molar-refractivity contribution in [3.63, 3.8) is 0 Å². The average molecular weight is 259 g/mol. The van der Waals surface area contributed by atoms with Gasteiger partial charge in [0.05, 0.1) is 24.8 Å². The molecule has 1 fully saturated rings. The van der Waals surface area contributed by atoms with E-state index in [0.29, 0.717) is 25.3 Å². The van der Waals surface area contributed by atoms with Crippen molar-refractivity contribution in [2.45, 2.75) is 0 Å². The summed E-state index contributed by atoms with van der Waals surface area (Å²) in [6.07, 6.45) is 0. The van der Waals surface area contributed by atoms with Crippen molar-refractivity contribution in [2.24, 2.45) is 12.5 Å². The third-order valence-corrected chi connectivity index (χ3v) is 3.42. The Morgan fingerprint density at radius 3 is 2.95 bits per heavy atom. The highest BCUT2D eigenvalue weighted by Crippen LogP contribution is 2.27. The Hall–Kier alpha value is -2.26. The van der Waals surface area contributed by atoms with Gasteiger partial charge in [-0.2, -0.15) is 5.26 Å². The number of nitriles is 1. The summed E-state index contributed by atoms with van der Waals surface area (Å²) in [6, 6.07) is 7.72. The third kappa shape index (κ3) is 1.88. The number of ether oxygens (including phenoxy) is 1. The molecule has 2 aromatic rings. The van der Waals surface area contributed by atoms with Crippen molar-refractivity contribution in [2.75, 3.05) is 25.1 Å². The van der Waals surface area contributed by atoms with Gasteiger partial charge in [-0.05, 0) is 12.1 Å². The minimum atomic E-state index is -0.438. The van der Waals surface area contributed by atoms with Crippen LogP contribution in [0.4, 0.5) is 5.69 Å². The van der Waals surface area contributed by atoms with Crippen LogP contribution in [0.1, 0.15) is 0 Å². The van der Waals surface area contributed by atoms with Gasteiger partial charge in [0.2, 0.25) is 0 Å². The first-order valence-electron chi connectivity index (χ1n) is 5.96. The lowest BCUT2D eigenvalue weighted by Gasteiger charge is -2.35. The van der Waals surface area contributed by atoms with E-state index in [2.05, 4.69) is 11.4 Å². The Bertz CT molecular complexity index is 719. The number of hydrogen-bond donors (Lipinski definition) is 1. The molecular formula is C13H13N3O3. The second-order valence-electron chi connectivity index (χ2n) is 4.85. The van der Waals surface area contributed by atoms with E-state index in [4.69, 9.17) is 14.4 Å². The topological polar surface area (TPSA) is 80.2 Å². The van der Waals surface area contributed by atoms with Crippen LogP contribution in [0.5, 0.6) is 0 Å². The molecule has 0 atom stereocenters. The molecule has 0 radical (unpaired) electrons. The van der Waals surface area contributed by atoms with E-state index < -0.39 is 5.41 Å². The minimum absolute atomic E-state index is 0.381. The number of oxazole rings is 1. The van der Waals surface area contributed by atoms with Gasteiger partial charge < -0.3 is 14.5 Å². The molecule has 6 nitrogen and oxygen atoms in total. The number of aromatic nitrogens is 1. The molecule has 1 aliphatic heterocycles. The highest BCUT2D eigenvalue weighted by Gasteiger charge is 2.38. The monoisotopic (exact) mass is 259 g/mol. The molecule has 98 valence electrons. The Balaban J connectivity index is 1.82. The normalized spacial score (nSPS) is 16.8. The maximum absolute atomic E-state index is 11.4. The van der Waals surface area contributed by atoms with Crippen LogP contribution in [0, 0.1) is 16.7 Å². The zero-order valence-corrected chi connectivity index (χ0v) is 10.5. The largest absolute Gasteiger partial charge is 0.419 e. The molecule has 0 spiro atoms. The summed E-state index contributed by atoms with van der Waals surface area (Å²) in [5, 5.41) is 12.3. The molecule has 0 aliphatic carbocycles. The fourth-order valence-electron chi connectivity index (χ4n) is 2.07. The number of fused-ring (bicyclic) bond motifs is 1. The van der Waals surface area contributed by atoms with Crippen molar-refractivity contribution in [3.05, 3.63) is 28.7 Å². The Morgan fingerprint density at radius 2 is 2.32 bits per heavy atom. The summed E-state index contributed by atoms with van der Waals surface area (Å²) in [6.45, 7) is 1.43. The predicted octanol–water partition coefficient (Wildman–Crippen LogP) is 1.08. The summed E-state index contributed by atoms with van der Waals surface area (Å²) in [4.78, 5) is 11.4. The lowest BCUT2D eigenvalue weighted by Crippen LogP contribution is -2.46. The molecule has 0 unspecified atom stereocenters. The highest BCUT2D eigenvalue weighted by atomic mass is 16.5. The Labute approximate surface area is 109 Å². The number of hydrogen-bond acceptors (Lipinski definition) is 5. The quantitative estimate of drug-likeness (QED) is 0.892. The van der Waals surface area contributed by atoms with Crippen molar-refractivity contribution in [1.29, 1.82) is 5.26 Å². The zero-order valence-electron chi connectivity index (χ0n) is 10.5. The van der Waals surface area contributed by atoms with Crippen LogP contribution >= 0.6 is 0 Å². The maximum Gasteiger partial charge on any atom is 0.419 e. The van der Waals surface area contributed by atoms with Gasteiger partial charge in [-0.25, -0.2) is 4.79 Å². The molecular weight excluding hydrogens is 246 g/mol. The molecule has 6 heteroatoms. The van der Waals surface area contributed by atoms with Gasteiger partial charge in [0.15, 0.2) is 5.58 Å². The van der Waals surface area contributed by atoms with Crippen molar-refractivity contribution < 1.29 is 9.15 Å². The average Bonchev–Trinajstić information content (AvgIpc) is 2.64. The van der Waals surface area contributed by atoms with E-state index >= 15 is 0 Å². The fourth-order valence-corrected chi connectivity index (χ4v) is 2.07. The van der Waals surface area contributed by atoms with Crippen LogP contribution in [0.3, 0.4) is 0 Å². The second-order valence-corrected chi connectivity index (χ2v) is 4.85. The van der Waals surface area contributed by atoms with Crippen LogP contribution in [0.25, 0.3) is 11.1 Å². The van der Waals surface area contributed by atoms with Crippen LogP contribution in [0.15, 0.2) is 27.4 Å². The first-order valence-corrected chi connectivity index (χ1v) is 5.96. The van der Waals surface area contributed by atoms with Crippen LogP contribution in [0.2, 0.25) is 0 Å². The summed E-state index contributed by atoms with van der Waals surface area (Å²) < 4.78 is 11.7. The number of aryl methyl sites for hydroxylation is 1. The maximum atomic E-state index is 11.4. The van der Waals surface area contributed by atoms with Gasteiger partial charge in [0.1, 0.15) is 5.41 Å². The number of nitrogens with zero attached hydrogens (tertiary/aromatic N) is 2. The summed E-state index contributed by atoms with van der Waals surface area (Å²) in [5.74, 6) is -0.381. The molecule has 3 rings (SSSR count). The van der Waals surface area contributed by atoms with E-state index in [1.54, 1.807) is 13.1 Å². The van der Waals surface area contributed by atoms with Crippen molar-refractivity contribution in [3.8, 4) is 6.07 Å². The zero-order chi connectivity index (χ0) is 13.5. The Kier molecular flexibility index (Phi) is 2.57. The van der Waals surface area contributed by atoms with E-state index in [1.807, 2.05) is 12.1 Å². The predicted molar refractivity (Wildman–Crippen MR) is 68.8 cm³/mol. The number of benzene rings is 1. The molecule has 1 aromatic heterocycles. The molecule has 0 amide bonds. The van der Waals surface area contributed by atoms with Crippen molar-refractivity contribution >= 4 is 16.8 Å². The fraction of sp³-hybridized carbons (Fsp3) is 0.385. The van der Waals surface area contributed by atoms with Gasteiger partial charge in [-0.15, -0.1) is 0 Å². The van der Waals surface area contributed by atoms with Gasteiger partial charge in [-0.3, -0.25) is 4.57 Å². The Morgan fingerprint density at radius 1 is 1.53 bits per heavy atom. The van der Waals surface area contributed by atoms with E-state index in [0.717, 1.165) is 11.2 Å². The molecule has 2 heterocycles. The van der Waals surface area contributed by atoms with Crippen LogP contribution in [-0.2, 0) is 11.8 Å². The molecule has 1 N–H and O–H groups in total. The summed E-state index contributed by atoms with van der Waals surface area (Å²) >= 11 is 0. The smallest absolute Gasteiger partial charge is 0.408 e. The van der Waals surface area contributed by atoms with Gasteiger partial charge >= 0.3 is 5.76 Å². The van der Waals surface area contributed by atoms with Crippen LogP contribution in [-0.4, -0.2) is 24.3 Å². The standard InChI is InChI=1S/C13H13N3O3/c1-16-10-3-2-9(4-11(10)19-12(16)17)15-6-13(5-14)7-18-8-13/h2-4,15H,6-8H2,1H3. The van der Waals surface area contributed by atoms with E-state index in [1.165, 1.54) is 4.57 Å². The third-order valence-electron chi connectivity index (χ3n) is 3.42. The minimum Gasteiger partial charge on any atom is -0.408 e. The molecule has 1 aliphatic rings. The number of nitrogens with one attached hydrogen (secondary N) is 1. The molecule has 0 bridgehead atoms. The first-order chi connectivity index (χ1) is 9.13. The van der Waals surface area contributed by atoms with Gasteiger partial charge in [-0.1, -0.05) is 0 Å². The van der Waals surface area contributed by atoms with Gasteiger partial charge in [0, 0.05) is 25.3 Å². The lowest BCUT2D eigenvalue weighted by atomic mass is 9.88. The van der Waals surface area contributed by atoms with Crippen molar-refractivity contribution in [1.82, 2.24) is 4.57 Å². The summed E-state index contributed by atoms with van der Waals surface area (Å²) in [5.41, 5.74) is 1.67. The number of rotatable bonds is 3. The lowest BCUT2D eigenvalue weighted by molar-refractivity contribution is -0.0690. The van der Waals surface area contributed by atoms with E-state index in [9.17, 15) is 4.79 Å². The SMILES string of the molecule is Cn1c(=O)oc2cc(NCC3(C#N)COC3)ccc21. The molecule has 19 heavy (non-hydrogen) atoms. The summed E-state index contributed by atoms with van der Waals surface area (Å²) in [7, 11) is 1.66. The van der Waals surface area contributed by atoms with Crippen LogP contribution < -0.4 is 11.1 Å².